The molecule has 4 aromatic rings. The molecule has 0 saturated heterocycles. The van der Waals surface area contributed by atoms with Crippen molar-refractivity contribution in [2.45, 2.75) is 13.2 Å². The van der Waals surface area contributed by atoms with E-state index in [9.17, 15) is 9.59 Å². The summed E-state index contributed by atoms with van der Waals surface area (Å²) in [6.45, 7) is -0.0571. The molecule has 1 aromatic heterocycles. The average molecular weight is 416 g/mol. The Morgan fingerprint density at radius 1 is 1.00 bits per heavy atom. The highest BCUT2D eigenvalue weighted by atomic mass is 16.5. The van der Waals surface area contributed by atoms with Gasteiger partial charge in [-0.15, -0.1) is 5.10 Å². The van der Waals surface area contributed by atoms with E-state index in [1.807, 2.05) is 42.5 Å². The molecule has 0 fully saturated rings. The fourth-order valence-corrected chi connectivity index (χ4v) is 3.10. The second-order valence-corrected chi connectivity index (χ2v) is 6.79. The van der Waals surface area contributed by atoms with Crippen LogP contribution in [-0.2, 0) is 22.7 Å². The quantitative estimate of drug-likeness (QED) is 0.464. The molecule has 0 unspecified atom stereocenters. The van der Waals surface area contributed by atoms with Crippen LogP contribution in [0.4, 0.5) is 5.69 Å². The number of nitrogens with one attached hydrogen (secondary N) is 1. The van der Waals surface area contributed by atoms with Gasteiger partial charge in [0.25, 0.3) is 0 Å². The lowest BCUT2D eigenvalue weighted by Crippen LogP contribution is -2.19. The highest BCUT2D eigenvalue weighted by Crippen LogP contribution is 2.22. The van der Waals surface area contributed by atoms with Gasteiger partial charge in [-0.1, -0.05) is 41.6 Å². The summed E-state index contributed by atoms with van der Waals surface area (Å²) in [5.41, 5.74) is 1.58. The molecule has 4 rings (SSSR count). The van der Waals surface area contributed by atoms with Crippen LogP contribution in [0.25, 0.3) is 10.8 Å². The third kappa shape index (κ3) is 4.87. The number of fused-ring (bicyclic) bond motifs is 1. The number of carbonyl (C=O) groups is 2. The minimum absolute atomic E-state index is 0.0113. The smallest absolute Gasteiger partial charge is 0.338 e. The molecule has 0 bridgehead atoms. The van der Waals surface area contributed by atoms with Crippen LogP contribution in [0.5, 0.6) is 5.75 Å². The number of aromatic nitrogens is 3. The third-order valence-corrected chi connectivity index (χ3v) is 4.63. The van der Waals surface area contributed by atoms with E-state index in [4.69, 9.17) is 9.47 Å². The minimum atomic E-state index is -0.481. The summed E-state index contributed by atoms with van der Waals surface area (Å²) in [5.74, 6) is -0.0600. The zero-order valence-electron chi connectivity index (χ0n) is 16.8. The summed E-state index contributed by atoms with van der Waals surface area (Å²) in [7, 11) is 1.55. The summed E-state index contributed by atoms with van der Waals surface area (Å²) in [6, 6.07) is 20.2. The molecule has 1 N–H and O–H groups in total. The van der Waals surface area contributed by atoms with Gasteiger partial charge >= 0.3 is 5.97 Å². The minimum Gasteiger partial charge on any atom is -0.497 e. The van der Waals surface area contributed by atoms with Crippen molar-refractivity contribution in [2.24, 2.45) is 0 Å². The molecule has 0 aliphatic rings. The number of esters is 1. The maximum Gasteiger partial charge on any atom is 0.338 e. The van der Waals surface area contributed by atoms with Gasteiger partial charge in [0.15, 0.2) is 0 Å². The van der Waals surface area contributed by atoms with Gasteiger partial charge in [0.1, 0.15) is 24.6 Å². The van der Waals surface area contributed by atoms with E-state index in [-0.39, 0.29) is 19.1 Å². The Bertz CT molecular complexity index is 1210. The van der Waals surface area contributed by atoms with Gasteiger partial charge < -0.3 is 14.8 Å². The molecular weight excluding hydrogens is 396 g/mol. The number of hydrogen-bond acceptors (Lipinski definition) is 6. The monoisotopic (exact) mass is 416 g/mol. The number of carbonyl (C=O) groups excluding carboxylic acids is 2. The first-order valence-electron chi connectivity index (χ1n) is 9.60. The van der Waals surface area contributed by atoms with E-state index in [1.165, 1.54) is 4.68 Å². The zero-order chi connectivity index (χ0) is 21.6. The van der Waals surface area contributed by atoms with Crippen molar-refractivity contribution < 1.29 is 19.1 Å². The Labute approximate surface area is 178 Å². The molecule has 156 valence electrons. The number of nitrogens with zero attached hydrogens (tertiary/aromatic N) is 3. The number of ether oxygens (including phenoxy) is 2. The molecule has 0 spiro atoms. The molecule has 3 aromatic carbocycles. The summed E-state index contributed by atoms with van der Waals surface area (Å²) >= 11 is 0. The molecule has 0 atom stereocenters. The molecule has 1 amide bonds. The van der Waals surface area contributed by atoms with Gasteiger partial charge in [0, 0.05) is 11.1 Å². The number of rotatable bonds is 7. The molecular formula is C23H20N4O4. The van der Waals surface area contributed by atoms with Crippen molar-refractivity contribution in [3.8, 4) is 5.75 Å². The van der Waals surface area contributed by atoms with Crippen LogP contribution in [0.15, 0.2) is 72.9 Å². The summed E-state index contributed by atoms with van der Waals surface area (Å²) < 4.78 is 11.7. The van der Waals surface area contributed by atoms with Gasteiger partial charge in [0.05, 0.1) is 18.9 Å². The summed E-state index contributed by atoms with van der Waals surface area (Å²) in [5, 5.41) is 12.8. The van der Waals surface area contributed by atoms with Crippen LogP contribution >= 0.6 is 0 Å². The topological polar surface area (TPSA) is 95.3 Å². The van der Waals surface area contributed by atoms with Crippen LogP contribution in [-0.4, -0.2) is 34.0 Å². The molecule has 0 aliphatic heterocycles. The number of hydrogen-bond donors (Lipinski definition) is 1. The standard InChI is InChI=1S/C23H20N4O4/c1-30-19-11-9-17(10-12-19)23(29)31-15-18-13-27(26-25-18)14-22(28)24-21-8-4-6-16-5-2-3-7-20(16)21/h2-13H,14-15H2,1H3,(H,24,28). The van der Waals surface area contributed by atoms with Crippen LogP contribution in [0.2, 0.25) is 0 Å². The molecule has 31 heavy (non-hydrogen) atoms. The van der Waals surface area contributed by atoms with Crippen molar-refractivity contribution in [2.75, 3.05) is 12.4 Å². The second kappa shape index (κ2) is 9.08. The SMILES string of the molecule is COc1ccc(C(=O)OCc2cn(CC(=O)Nc3cccc4ccccc34)nn2)cc1. The van der Waals surface area contributed by atoms with Gasteiger partial charge in [-0.2, -0.15) is 0 Å². The Kier molecular flexibility index (Phi) is 5.89. The van der Waals surface area contributed by atoms with E-state index in [0.717, 1.165) is 16.5 Å². The number of anilines is 1. The largest absolute Gasteiger partial charge is 0.497 e. The highest BCUT2D eigenvalue weighted by Gasteiger charge is 2.11. The summed E-state index contributed by atoms with van der Waals surface area (Å²) in [4.78, 5) is 24.6. The highest BCUT2D eigenvalue weighted by molar-refractivity contribution is 6.02. The lowest BCUT2D eigenvalue weighted by molar-refractivity contribution is -0.116. The maximum atomic E-state index is 12.4. The Hall–Kier alpha value is -4.20. The number of amides is 1. The van der Waals surface area contributed by atoms with E-state index >= 15 is 0 Å². The number of methoxy groups -OCH3 is 1. The van der Waals surface area contributed by atoms with Crippen LogP contribution in [0.3, 0.4) is 0 Å². The first-order valence-corrected chi connectivity index (χ1v) is 9.60. The van der Waals surface area contributed by atoms with Gasteiger partial charge in [-0.25, -0.2) is 9.48 Å². The Morgan fingerprint density at radius 2 is 1.77 bits per heavy atom. The summed E-state index contributed by atoms with van der Waals surface area (Å²) in [6.07, 6.45) is 1.57. The second-order valence-electron chi connectivity index (χ2n) is 6.79. The van der Waals surface area contributed by atoms with Crippen LogP contribution in [0.1, 0.15) is 16.1 Å². The maximum absolute atomic E-state index is 12.4. The lowest BCUT2D eigenvalue weighted by atomic mass is 10.1. The molecule has 8 nitrogen and oxygen atoms in total. The van der Waals surface area contributed by atoms with Gasteiger partial charge in [-0.05, 0) is 35.7 Å². The van der Waals surface area contributed by atoms with Crippen molar-refractivity contribution >= 4 is 28.3 Å². The normalized spacial score (nSPS) is 10.6. The molecule has 1 heterocycles. The van der Waals surface area contributed by atoms with Gasteiger partial charge in [-0.3, -0.25) is 4.79 Å². The predicted octanol–water partition coefficient (Wildman–Crippen LogP) is 3.44. The van der Waals surface area contributed by atoms with Crippen molar-refractivity contribution in [1.29, 1.82) is 0 Å². The van der Waals surface area contributed by atoms with Crippen LogP contribution < -0.4 is 10.1 Å². The van der Waals surface area contributed by atoms with E-state index < -0.39 is 5.97 Å². The third-order valence-electron chi connectivity index (χ3n) is 4.63. The van der Waals surface area contributed by atoms with E-state index in [1.54, 1.807) is 37.6 Å². The fourth-order valence-electron chi connectivity index (χ4n) is 3.10. The van der Waals surface area contributed by atoms with Crippen molar-refractivity contribution in [3.63, 3.8) is 0 Å². The Morgan fingerprint density at radius 3 is 2.58 bits per heavy atom. The van der Waals surface area contributed by atoms with E-state index in [0.29, 0.717) is 17.0 Å². The zero-order valence-corrected chi connectivity index (χ0v) is 16.8. The van der Waals surface area contributed by atoms with Gasteiger partial charge in [0.2, 0.25) is 5.91 Å². The first kappa shape index (κ1) is 20.1. The fraction of sp³-hybridized carbons (Fsp3) is 0.130. The Balaban J connectivity index is 1.33. The van der Waals surface area contributed by atoms with E-state index in [2.05, 4.69) is 15.6 Å². The average Bonchev–Trinajstić information content (AvgIpc) is 3.25. The molecule has 0 aliphatic carbocycles. The molecule has 0 saturated carbocycles. The number of benzene rings is 3. The first-order chi connectivity index (χ1) is 15.1. The van der Waals surface area contributed by atoms with Crippen molar-refractivity contribution in [3.05, 3.63) is 84.2 Å². The lowest BCUT2D eigenvalue weighted by Gasteiger charge is -2.08. The van der Waals surface area contributed by atoms with Crippen molar-refractivity contribution in [1.82, 2.24) is 15.0 Å². The van der Waals surface area contributed by atoms with Crippen LogP contribution in [0, 0.1) is 0 Å². The predicted molar refractivity (Wildman–Crippen MR) is 115 cm³/mol. The molecule has 0 radical (unpaired) electrons. The molecule has 8 heteroatoms.